The number of hydrogen-bond acceptors (Lipinski definition) is 3. The van der Waals surface area contributed by atoms with Crippen LogP contribution in [0.2, 0.25) is 0 Å². The molecule has 0 saturated carbocycles. The maximum atomic E-state index is 9.59. The van der Waals surface area contributed by atoms with Crippen LogP contribution in [-0.2, 0) is 25.8 Å². The molecule has 0 radical (unpaired) electrons. The molecule has 0 aromatic heterocycles. The Morgan fingerprint density at radius 2 is 2.00 bits per heavy atom. The minimum absolute atomic E-state index is 0.403. The summed E-state index contributed by atoms with van der Waals surface area (Å²) in [6.45, 7) is 0. The van der Waals surface area contributed by atoms with E-state index in [-0.39, 0.29) is 0 Å². The molecule has 0 aliphatic rings. The minimum atomic E-state index is -1.30. The van der Waals surface area contributed by atoms with E-state index in [0.29, 0.717) is 4.90 Å². The Hall–Kier alpha value is -0.676. The van der Waals surface area contributed by atoms with Crippen LogP contribution in [0.1, 0.15) is 0 Å². The zero-order valence-corrected chi connectivity index (χ0v) is 5.96. The third kappa shape index (κ3) is 7.32. The van der Waals surface area contributed by atoms with Gasteiger partial charge in [0, 0.05) is 0 Å². The topological polar surface area (TPSA) is 74.7 Å². The normalized spacial score (nSPS) is 6.22. The first-order chi connectivity index (χ1) is 4.18. The number of hydrogen-bond donors (Lipinski definition) is 1. The molecule has 0 aromatic rings. The standard InChI is InChI=1S/C3H4NO3.O.V/c1-4(2-5)3(6)7;;/h1H3,(H,6,7);;/q-1;;. The second-order valence-electron chi connectivity index (χ2n) is 0.933. The van der Waals surface area contributed by atoms with Crippen LogP contribution in [0.3, 0.4) is 0 Å². The summed E-state index contributed by atoms with van der Waals surface area (Å²) >= 11 is 1.06. The number of rotatable bonds is 1. The van der Waals surface area contributed by atoms with Gasteiger partial charge < -0.3 is 19.6 Å². The van der Waals surface area contributed by atoms with Crippen molar-refractivity contribution in [2.24, 2.45) is 0 Å². The molecule has 0 aliphatic heterocycles. The van der Waals surface area contributed by atoms with Gasteiger partial charge in [-0.3, -0.25) is 0 Å². The van der Waals surface area contributed by atoms with Gasteiger partial charge in [0.2, 0.25) is 6.09 Å². The van der Waals surface area contributed by atoms with Crippen molar-refractivity contribution < 1.29 is 35.7 Å². The van der Waals surface area contributed by atoms with Gasteiger partial charge in [-0.1, -0.05) is 0 Å². The Labute approximate surface area is 60.8 Å². The van der Waals surface area contributed by atoms with Crippen LogP contribution in [0.15, 0.2) is 0 Å². The predicted molar refractivity (Wildman–Crippen MR) is 22.2 cm³/mol. The zero-order valence-electron chi connectivity index (χ0n) is 4.57. The summed E-state index contributed by atoms with van der Waals surface area (Å²) in [5.41, 5.74) is 0. The summed E-state index contributed by atoms with van der Waals surface area (Å²) in [4.78, 5) is 19.4. The Bertz CT molecular complexity index is 106. The van der Waals surface area contributed by atoms with Crippen LogP contribution in [0.25, 0.3) is 0 Å². The second-order valence-corrected chi connectivity index (χ2v) is 0.933. The van der Waals surface area contributed by atoms with Gasteiger partial charge in [0.25, 0.3) is 0 Å². The first kappa shape index (κ1) is 11.2. The van der Waals surface area contributed by atoms with Crippen molar-refractivity contribution in [3.8, 4) is 0 Å². The summed E-state index contributed by atoms with van der Waals surface area (Å²) in [5.74, 6) is 0. The van der Waals surface area contributed by atoms with Crippen LogP contribution in [0, 0.1) is 0 Å². The number of nitrogens with zero attached hydrogens (tertiary/aromatic N) is 1. The molecule has 1 N–H and O–H groups in total. The molecule has 0 heterocycles. The van der Waals surface area contributed by atoms with E-state index in [1.165, 1.54) is 0 Å². The van der Waals surface area contributed by atoms with Crippen LogP contribution in [-0.4, -0.2) is 29.6 Å². The summed E-state index contributed by atoms with van der Waals surface area (Å²) < 4.78 is 8.19. The van der Waals surface area contributed by atoms with Crippen molar-refractivity contribution in [1.82, 2.24) is 4.90 Å². The third-order valence-corrected chi connectivity index (χ3v) is 0.424. The van der Waals surface area contributed by atoms with Crippen molar-refractivity contribution in [2.45, 2.75) is 0 Å². The van der Waals surface area contributed by atoms with E-state index in [1.807, 2.05) is 0 Å². The molecule has 0 aromatic carbocycles. The molecule has 0 unspecified atom stereocenters. The molecule has 0 atom stereocenters. The van der Waals surface area contributed by atoms with Crippen LogP contribution < -0.4 is 0 Å². The molecular formula is C3H4NO4V-. The van der Waals surface area contributed by atoms with Gasteiger partial charge in [0.15, 0.2) is 0 Å². The molecule has 0 spiro atoms. The predicted octanol–water partition coefficient (Wildman–Crippen LogP) is -0.458. The zero-order chi connectivity index (χ0) is 7.86. The van der Waals surface area contributed by atoms with Gasteiger partial charge in [0.05, 0.1) is 6.41 Å². The average molecular weight is 169 g/mol. The second kappa shape index (κ2) is 7.32. The SMILES string of the molecule is CN([C-]=O)C(=O)O.[O]=[V]. The summed E-state index contributed by atoms with van der Waals surface area (Å²) in [6, 6.07) is 0. The van der Waals surface area contributed by atoms with E-state index in [1.54, 1.807) is 0 Å². The van der Waals surface area contributed by atoms with E-state index >= 15 is 0 Å². The Morgan fingerprint density at radius 3 is 2.00 bits per heavy atom. The summed E-state index contributed by atoms with van der Waals surface area (Å²) in [6.07, 6.45) is -0.148. The molecule has 0 aliphatic carbocycles. The van der Waals surface area contributed by atoms with Gasteiger partial charge in [0.1, 0.15) is 0 Å². The summed E-state index contributed by atoms with van der Waals surface area (Å²) in [5, 5.41) is 7.85. The summed E-state index contributed by atoms with van der Waals surface area (Å²) in [7, 11) is 1.11. The maximum absolute atomic E-state index is 9.59. The number of imide groups is 1. The third-order valence-electron chi connectivity index (χ3n) is 0.424. The van der Waals surface area contributed by atoms with Gasteiger partial charge in [-0.25, -0.2) is 0 Å². The molecule has 0 saturated heterocycles. The van der Waals surface area contributed by atoms with E-state index in [2.05, 4.69) is 0 Å². The van der Waals surface area contributed by atoms with Gasteiger partial charge in [-0.2, -0.15) is 0 Å². The van der Waals surface area contributed by atoms with Crippen molar-refractivity contribution in [3.63, 3.8) is 0 Å². The molecule has 9 heavy (non-hydrogen) atoms. The molecule has 0 fully saturated rings. The molecule has 5 nitrogen and oxygen atoms in total. The van der Waals surface area contributed by atoms with Crippen molar-refractivity contribution in [1.29, 1.82) is 0 Å². The fraction of sp³-hybridized carbons (Fsp3) is 0.333. The average Bonchev–Trinajstić information content (AvgIpc) is 1.91. The molecular weight excluding hydrogens is 165 g/mol. The molecule has 0 rings (SSSR count). The Kier molecular flexibility index (Phi) is 9.09. The molecule has 2 amide bonds. The molecule has 51 valence electrons. The van der Waals surface area contributed by atoms with Gasteiger partial charge in [-0.05, 0) is 7.05 Å². The Morgan fingerprint density at radius 1 is 1.67 bits per heavy atom. The van der Waals surface area contributed by atoms with E-state index in [0.717, 1.165) is 30.8 Å². The van der Waals surface area contributed by atoms with Crippen LogP contribution >= 0.6 is 0 Å². The number of amides is 2. The van der Waals surface area contributed by atoms with E-state index < -0.39 is 6.09 Å². The van der Waals surface area contributed by atoms with E-state index in [4.69, 9.17) is 8.78 Å². The first-order valence-corrected chi connectivity index (χ1v) is 2.28. The quantitative estimate of drug-likeness (QED) is 0.425. The number of carboxylic acid groups (broad SMARTS) is 1. The van der Waals surface area contributed by atoms with Gasteiger partial charge in [-0.15, -0.1) is 0 Å². The van der Waals surface area contributed by atoms with Gasteiger partial charge >= 0.3 is 21.0 Å². The fourth-order valence-corrected chi connectivity index (χ4v) is 0.0390. The van der Waals surface area contributed by atoms with Crippen molar-refractivity contribution in [3.05, 3.63) is 0 Å². The first-order valence-electron chi connectivity index (χ1n) is 1.71. The molecule has 6 heteroatoms. The monoisotopic (exact) mass is 169 g/mol. The van der Waals surface area contributed by atoms with Crippen LogP contribution in [0.5, 0.6) is 0 Å². The van der Waals surface area contributed by atoms with Crippen molar-refractivity contribution >= 4 is 12.5 Å². The van der Waals surface area contributed by atoms with E-state index in [9.17, 15) is 9.59 Å². The van der Waals surface area contributed by atoms with Crippen LogP contribution in [0.4, 0.5) is 4.79 Å². The fourth-order valence-electron chi connectivity index (χ4n) is 0.0390. The van der Waals surface area contributed by atoms with Crippen molar-refractivity contribution in [2.75, 3.05) is 7.05 Å². The number of carbonyl (C=O) groups is 1. The Balaban J connectivity index is 0. The number of carbonyl (C=O) groups excluding carboxylic acids is 1. The molecule has 0 bridgehead atoms.